The summed E-state index contributed by atoms with van der Waals surface area (Å²) in [6.45, 7) is 4.44. The van der Waals surface area contributed by atoms with Gasteiger partial charge in [-0.3, -0.25) is 0 Å². The first-order valence-corrected chi connectivity index (χ1v) is 7.61. The Morgan fingerprint density at radius 2 is 2.00 bits per heavy atom. The zero-order valence-corrected chi connectivity index (χ0v) is 10.8. The zero-order chi connectivity index (χ0) is 10.4. The van der Waals surface area contributed by atoms with Gasteiger partial charge in [0.1, 0.15) is 12.4 Å². The van der Waals surface area contributed by atoms with Crippen molar-refractivity contribution in [1.29, 1.82) is 0 Å². The molecule has 0 aromatic carbocycles. The highest BCUT2D eigenvalue weighted by Crippen LogP contribution is 1.99. The molecule has 0 spiro atoms. The Morgan fingerprint density at radius 1 is 1.29 bits per heavy atom. The Kier molecular flexibility index (Phi) is 5.48. The minimum atomic E-state index is 1.12. The molecule has 0 saturated heterocycles. The second-order valence-electron chi connectivity index (χ2n) is 3.22. The third kappa shape index (κ3) is 3.24. The number of hydrogen-bond acceptors (Lipinski definition) is 2. The van der Waals surface area contributed by atoms with E-state index in [-0.39, 0.29) is 0 Å². The highest BCUT2D eigenvalue weighted by Gasteiger charge is 2.10. The van der Waals surface area contributed by atoms with Crippen LogP contribution in [-0.2, 0) is 13.1 Å². The summed E-state index contributed by atoms with van der Waals surface area (Å²) < 4.78 is 4.66. The average Bonchev–Trinajstić information content (AvgIpc) is 2.54. The molecule has 14 heavy (non-hydrogen) atoms. The van der Waals surface area contributed by atoms with Crippen LogP contribution in [0.15, 0.2) is 12.4 Å². The van der Waals surface area contributed by atoms with Gasteiger partial charge in [-0.1, -0.05) is 0 Å². The van der Waals surface area contributed by atoms with Crippen molar-refractivity contribution in [1.82, 2.24) is 4.57 Å². The largest absolute Gasteiger partial charge is 0.253 e. The van der Waals surface area contributed by atoms with Gasteiger partial charge in [0, 0.05) is 18.4 Å². The lowest BCUT2D eigenvalue weighted by Gasteiger charge is -1.99. The Bertz CT molecular complexity index is 246. The normalized spacial score (nSPS) is 10.8. The van der Waals surface area contributed by atoms with Gasteiger partial charge >= 0.3 is 0 Å². The molecule has 0 unspecified atom stereocenters. The molecule has 0 amide bonds. The lowest BCUT2D eigenvalue weighted by Crippen LogP contribution is -2.36. The maximum Gasteiger partial charge on any atom is 0.253 e. The molecule has 4 heteroatoms. The first-order valence-electron chi connectivity index (χ1n) is 4.82. The van der Waals surface area contributed by atoms with Crippen LogP contribution in [0.1, 0.15) is 5.82 Å². The lowest BCUT2D eigenvalue weighted by molar-refractivity contribution is -0.697. The topological polar surface area (TPSA) is 8.81 Å². The molecular weight excluding hydrogens is 212 g/mol. The fraction of sp³-hybridized carbons (Fsp3) is 0.700. The number of hydrogen-bond donors (Lipinski definition) is 0. The third-order valence-electron chi connectivity index (χ3n) is 2.33. The summed E-state index contributed by atoms with van der Waals surface area (Å²) in [4.78, 5) is 0. The quantitative estimate of drug-likeness (QED) is 0.690. The second kappa shape index (κ2) is 6.40. The molecule has 0 radical (unpaired) electrons. The molecule has 0 aliphatic heterocycles. The fourth-order valence-electron chi connectivity index (χ4n) is 1.39. The standard InChI is InChI=1S/C10H19N2S2/c1-10-11(6-8-13-2)4-5-12(10)7-9-14-3/h4-5H,6-9H2,1-3H3/q+1. The average molecular weight is 231 g/mol. The van der Waals surface area contributed by atoms with E-state index in [1.54, 1.807) is 0 Å². The molecule has 0 saturated carbocycles. The van der Waals surface area contributed by atoms with E-state index in [0.717, 1.165) is 13.1 Å². The number of rotatable bonds is 6. The van der Waals surface area contributed by atoms with Crippen molar-refractivity contribution < 1.29 is 4.57 Å². The fourth-order valence-corrected chi connectivity index (χ4v) is 2.15. The highest BCUT2D eigenvalue weighted by atomic mass is 32.2. The summed E-state index contributed by atoms with van der Waals surface area (Å²) in [6, 6.07) is 0. The maximum absolute atomic E-state index is 2.33. The number of aromatic nitrogens is 2. The second-order valence-corrected chi connectivity index (χ2v) is 5.19. The van der Waals surface area contributed by atoms with Crippen LogP contribution >= 0.6 is 23.5 Å². The van der Waals surface area contributed by atoms with Gasteiger partial charge in [-0.2, -0.15) is 23.5 Å². The number of thioether (sulfide) groups is 2. The van der Waals surface area contributed by atoms with Crippen LogP contribution in [0.2, 0.25) is 0 Å². The molecule has 1 aromatic rings. The maximum atomic E-state index is 2.33. The van der Waals surface area contributed by atoms with Gasteiger partial charge in [0.05, 0.1) is 13.1 Å². The molecule has 1 heterocycles. The van der Waals surface area contributed by atoms with Crippen LogP contribution in [0.5, 0.6) is 0 Å². The minimum Gasteiger partial charge on any atom is -0.234 e. The monoisotopic (exact) mass is 231 g/mol. The van der Waals surface area contributed by atoms with Crippen LogP contribution in [0.3, 0.4) is 0 Å². The predicted octanol–water partition coefficient (Wildman–Crippen LogP) is 1.81. The summed E-state index contributed by atoms with van der Waals surface area (Å²) in [5.41, 5.74) is 0. The number of imidazole rings is 1. The van der Waals surface area contributed by atoms with Crippen molar-refractivity contribution in [2.45, 2.75) is 20.0 Å². The molecule has 1 aromatic heterocycles. The van der Waals surface area contributed by atoms with E-state index in [2.05, 4.69) is 41.0 Å². The minimum absolute atomic E-state index is 1.12. The van der Waals surface area contributed by atoms with Gasteiger partial charge in [-0.05, 0) is 12.5 Å². The van der Waals surface area contributed by atoms with Crippen molar-refractivity contribution in [3.05, 3.63) is 18.2 Å². The van der Waals surface area contributed by atoms with Gasteiger partial charge in [0.2, 0.25) is 0 Å². The van der Waals surface area contributed by atoms with E-state index in [1.165, 1.54) is 17.3 Å². The van der Waals surface area contributed by atoms with Crippen molar-refractivity contribution in [3.8, 4) is 0 Å². The van der Waals surface area contributed by atoms with Crippen LogP contribution in [0.25, 0.3) is 0 Å². The summed E-state index contributed by atoms with van der Waals surface area (Å²) in [5, 5.41) is 0. The number of aryl methyl sites for hydroxylation is 2. The lowest BCUT2D eigenvalue weighted by atomic mass is 10.6. The van der Waals surface area contributed by atoms with Crippen LogP contribution in [0, 0.1) is 6.92 Å². The smallest absolute Gasteiger partial charge is 0.234 e. The third-order valence-corrected chi connectivity index (χ3v) is 3.51. The first-order chi connectivity index (χ1) is 6.79. The van der Waals surface area contributed by atoms with Crippen molar-refractivity contribution >= 4 is 23.5 Å². The van der Waals surface area contributed by atoms with Gasteiger partial charge in [0.15, 0.2) is 0 Å². The predicted molar refractivity (Wildman–Crippen MR) is 66.1 cm³/mol. The SMILES string of the molecule is CSCCn1cc[n+](CCSC)c1C. The molecule has 0 aliphatic carbocycles. The summed E-state index contributed by atoms with van der Waals surface area (Å²) in [6.07, 6.45) is 8.68. The van der Waals surface area contributed by atoms with Crippen LogP contribution < -0.4 is 4.57 Å². The van der Waals surface area contributed by atoms with Crippen molar-refractivity contribution in [2.75, 3.05) is 24.0 Å². The van der Waals surface area contributed by atoms with Gasteiger partial charge in [-0.25, -0.2) is 9.13 Å². The molecule has 2 nitrogen and oxygen atoms in total. The Hall–Kier alpha value is -0.0900. The number of nitrogens with zero attached hydrogens (tertiary/aromatic N) is 2. The van der Waals surface area contributed by atoms with Crippen molar-refractivity contribution in [3.63, 3.8) is 0 Å². The molecule has 0 aliphatic rings. The van der Waals surface area contributed by atoms with Gasteiger partial charge < -0.3 is 0 Å². The van der Waals surface area contributed by atoms with Gasteiger partial charge in [0.25, 0.3) is 5.82 Å². The van der Waals surface area contributed by atoms with E-state index < -0.39 is 0 Å². The van der Waals surface area contributed by atoms with E-state index in [1.807, 2.05) is 23.5 Å². The Morgan fingerprint density at radius 3 is 2.64 bits per heavy atom. The molecule has 0 bridgehead atoms. The van der Waals surface area contributed by atoms with Gasteiger partial charge in [-0.15, -0.1) is 0 Å². The van der Waals surface area contributed by atoms with Crippen molar-refractivity contribution in [2.24, 2.45) is 0 Å². The van der Waals surface area contributed by atoms with Crippen LogP contribution in [0.4, 0.5) is 0 Å². The van der Waals surface area contributed by atoms with Crippen LogP contribution in [-0.4, -0.2) is 28.6 Å². The summed E-state index contributed by atoms with van der Waals surface area (Å²) in [7, 11) is 0. The van der Waals surface area contributed by atoms with E-state index in [4.69, 9.17) is 0 Å². The summed E-state index contributed by atoms with van der Waals surface area (Å²) in [5.74, 6) is 3.75. The molecule has 80 valence electrons. The highest BCUT2D eigenvalue weighted by molar-refractivity contribution is 7.98. The molecule has 0 N–H and O–H groups in total. The Balaban J connectivity index is 2.55. The zero-order valence-electron chi connectivity index (χ0n) is 9.19. The molecule has 0 fully saturated rings. The first kappa shape index (κ1) is 12.0. The Labute approximate surface area is 95.1 Å². The molecule has 0 atom stereocenters. The molecular formula is C10H19N2S2+. The van der Waals surface area contributed by atoms with E-state index in [9.17, 15) is 0 Å². The van der Waals surface area contributed by atoms with E-state index in [0.29, 0.717) is 0 Å². The summed E-state index contributed by atoms with van der Waals surface area (Å²) >= 11 is 3.80. The molecule has 1 rings (SSSR count). The van der Waals surface area contributed by atoms with E-state index >= 15 is 0 Å².